The Morgan fingerprint density at radius 2 is 1.82 bits per heavy atom. The van der Waals surface area contributed by atoms with Gasteiger partial charge < -0.3 is 0 Å². The van der Waals surface area contributed by atoms with Crippen molar-refractivity contribution in [2.45, 2.75) is 51.7 Å². The van der Waals surface area contributed by atoms with Crippen LogP contribution >= 0.6 is 21.6 Å². The standard InChI is InChI=1S/C9H20S2/c1-4-5-6-7-8-10-11-9(2)3/h9H,4-8H2,1-3H3. The summed E-state index contributed by atoms with van der Waals surface area (Å²) in [5, 5.41) is 0.783. The van der Waals surface area contributed by atoms with E-state index in [0.29, 0.717) is 0 Å². The van der Waals surface area contributed by atoms with Crippen LogP contribution in [0.5, 0.6) is 0 Å². The summed E-state index contributed by atoms with van der Waals surface area (Å²) < 4.78 is 0. The van der Waals surface area contributed by atoms with Crippen LogP contribution in [0.25, 0.3) is 0 Å². The third-order valence-corrected chi connectivity index (χ3v) is 4.38. The summed E-state index contributed by atoms with van der Waals surface area (Å²) in [6, 6.07) is 0. The Labute approximate surface area is 79.3 Å². The maximum atomic E-state index is 2.26. The Bertz CT molecular complexity index is 72.0. The topological polar surface area (TPSA) is 0 Å². The summed E-state index contributed by atoms with van der Waals surface area (Å²) in [5.74, 6) is 1.34. The lowest BCUT2D eigenvalue weighted by Crippen LogP contribution is -1.83. The first-order chi connectivity index (χ1) is 5.27. The zero-order valence-electron chi connectivity index (χ0n) is 7.93. The van der Waals surface area contributed by atoms with Crippen molar-refractivity contribution in [1.29, 1.82) is 0 Å². The summed E-state index contributed by atoms with van der Waals surface area (Å²) in [6.45, 7) is 6.77. The second-order valence-electron chi connectivity index (χ2n) is 3.03. The highest BCUT2D eigenvalue weighted by Gasteiger charge is 1.94. The van der Waals surface area contributed by atoms with Gasteiger partial charge in [0.1, 0.15) is 0 Å². The van der Waals surface area contributed by atoms with E-state index in [-0.39, 0.29) is 0 Å². The van der Waals surface area contributed by atoms with Gasteiger partial charge in [0.2, 0.25) is 0 Å². The highest BCUT2D eigenvalue weighted by atomic mass is 33.1. The van der Waals surface area contributed by atoms with E-state index < -0.39 is 0 Å². The molecule has 0 saturated carbocycles. The van der Waals surface area contributed by atoms with Crippen LogP contribution in [-0.4, -0.2) is 11.0 Å². The average Bonchev–Trinajstić information content (AvgIpc) is 1.96. The van der Waals surface area contributed by atoms with E-state index in [9.17, 15) is 0 Å². The first kappa shape index (κ1) is 11.7. The number of hydrogen-bond acceptors (Lipinski definition) is 2. The predicted molar refractivity (Wildman–Crippen MR) is 59.3 cm³/mol. The van der Waals surface area contributed by atoms with Gasteiger partial charge in [0, 0.05) is 11.0 Å². The molecule has 0 fully saturated rings. The summed E-state index contributed by atoms with van der Waals surface area (Å²) in [6.07, 6.45) is 5.58. The van der Waals surface area contributed by atoms with Crippen molar-refractivity contribution >= 4 is 21.6 Å². The second kappa shape index (κ2) is 8.79. The van der Waals surface area contributed by atoms with Crippen molar-refractivity contribution in [1.82, 2.24) is 0 Å². The fraction of sp³-hybridized carbons (Fsp3) is 1.00. The Balaban J connectivity index is 2.80. The molecule has 11 heavy (non-hydrogen) atoms. The van der Waals surface area contributed by atoms with Crippen LogP contribution in [0.4, 0.5) is 0 Å². The summed E-state index contributed by atoms with van der Waals surface area (Å²) >= 11 is 0. The van der Waals surface area contributed by atoms with Crippen LogP contribution in [0.2, 0.25) is 0 Å². The second-order valence-corrected chi connectivity index (χ2v) is 6.09. The SMILES string of the molecule is CCCCCCSSC(C)C. The van der Waals surface area contributed by atoms with Crippen molar-refractivity contribution < 1.29 is 0 Å². The molecule has 0 aliphatic heterocycles. The van der Waals surface area contributed by atoms with Crippen LogP contribution in [0.3, 0.4) is 0 Å². The van der Waals surface area contributed by atoms with Gasteiger partial charge in [-0.25, -0.2) is 0 Å². The summed E-state index contributed by atoms with van der Waals surface area (Å²) in [7, 11) is 4.03. The lowest BCUT2D eigenvalue weighted by Gasteiger charge is -2.02. The quantitative estimate of drug-likeness (QED) is 0.434. The van der Waals surface area contributed by atoms with Crippen molar-refractivity contribution in [3.05, 3.63) is 0 Å². The fourth-order valence-corrected chi connectivity index (χ4v) is 2.92. The molecule has 0 aromatic carbocycles. The van der Waals surface area contributed by atoms with Crippen LogP contribution in [0.1, 0.15) is 46.5 Å². The number of rotatable bonds is 7. The van der Waals surface area contributed by atoms with Crippen molar-refractivity contribution in [2.24, 2.45) is 0 Å². The molecule has 0 aliphatic carbocycles. The third kappa shape index (κ3) is 10.7. The molecule has 0 heterocycles. The van der Waals surface area contributed by atoms with Gasteiger partial charge in [-0.3, -0.25) is 0 Å². The van der Waals surface area contributed by atoms with E-state index in [2.05, 4.69) is 20.8 Å². The monoisotopic (exact) mass is 192 g/mol. The maximum absolute atomic E-state index is 2.26. The van der Waals surface area contributed by atoms with E-state index >= 15 is 0 Å². The van der Waals surface area contributed by atoms with Crippen LogP contribution in [0, 0.1) is 0 Å². The fourth-order valence-electron chi connectivity index (χ4n) is 0.772. The first-order valence-electron chi connectivity index (χ1n) is 4.55. The smallest absolute Gasteiger partial charge is 0.00944 e. The predicted octanol–water partition coefficient (Wildman–Crippen LogP) is 4.36. The number of hydrogen-bond donors (Lipinski definition) is 0. The van der Waals surface area contributed by atoms with Gasteiger partial charge in [-0.05, 0) is 6.42 Å². The average molecular weight is 192 g/mol. The molecule has 0 aliphatic rings. The van der Waals surface area contributed by atoms with Crippen molar-refractivity contribution in [3.8, 4) is 0 Å². The molecule has 0 aromatic rings. The van der Waals surface area contributed by atoms with E-state index in [1.807, 2.05) is 21.6 Å². The van der Waals surface area contributed by atoms with Crippen LogP contribution < -0.4 is 0 Å². The third-order valence-electron chi connectivity index (χ3n) is 1.34. The minimum atomic E-state index is 0.783. The molecular formula is C9H20S2. The molecule has 0 saturated heterocycles. The van der Waals surface area contributed by atoms with E-state index in [0.717, 1.165) is 5.25 Å². The molecule has 68 valence electrons. The van der Waals surface area contributed by atoms with Gasteiger partial charge >= 0.3 is 0 Å². The first-order valence-corrected chi connectivity index (χ1v) is 6.93. The van der Waals surface area contributed by atoms with E-state index in [1.165, 1.54) is 31.4 Å². The highest BCUT2D eigenvalue weighted by molar-refractivity contribution is 8.76. The van der Waals surface area contributed by atoms with Crippen molar-refractivity contribution in [2.75, 3.05) is 5.75 Å². The molecule has 0 aromatic heterocycles. The summed E-state index contributed by atoms with van der Waals surface area (Å²) in [5.41, 5.74) is 0. The Morgan fingerprint density at radius 3 is 2.36 bits per heavy atom. The van der Waals surface area contributed by atoms with Crippen LogP contribution in [-0.2, 0) is 0 Å². The molecule has 0 radical (unpaired) electrons. The minimum absolute atomic E-state index is 0.783. The molecule has 0 spiro atoms. The largest absolute Gasteiger partial charge is 0.0939 e. The molecule has 0 bridgehead atoms. The Morgan fingerprint density at radius 1 is 1.09 bits per heavy atom. The minimum Gasteiger partial charge on any atom is -0.0939 e. The molecule has 0 N–H and O–H groups in total. The Kier molecular flexibility index (Phi) is 9.35. The zero-order chi connectivity index (χ0) is 8.53. The maximum Gasteiger partial charge on any atom is 0.00944 e. The molecule has 0 rings (SSSR count). The van der Waals surface area contributed by atoms with Gasteiger partial charge in [-0.1, -0.05) is 61.6 Å². The molecule has 0 amide bonds. The van der Waals surface area contributed by atoms with Gasteiger partial charge in [-0.2, -0.15) is 0 Å². The van der Waals surface area contributed by atoms with E-state index in [1.54, 1.807) is 0 Å². The molecule has 2 heteroatoms. The van der Waals surface area contributed by atoms with Crippen LogP contribution in [0.15, 0.2) is 0 Å². The highest BCUT2D eigenvalue weighted by Crippen LogP contribution is 2.27. The molecule has 0 unspecified atom stereocenters. The normalized spacial score (nSPS) is 10.9. The van der Waals surface area contributed by atoms with Gasteiger partial charge in [0.05, 0.1) is 0 Å². The number of unbranched alkanes of at least 4 members (excludes halogenated alkanes) is 3. The molecular weight excluding hydrogens is 172 g/mol. The van der Waals surface area contributed by atoms with Gasteiger partial charge in [-0.15, -0.1) is 0 Å². The molecule has 0 nitrogen and oxygen atoms in total. The van der Waals surface area contributed by atoms with E-state index in [4.69, 9.17) is 0 Å². The Hall–Kier alpha value is 0.700. The summed E-state index contributed by atoms with van der Waals surface area (Å²) in [4.78, 5) is 0. The van der Waals surface area contributed by atoms with Crippen molar-refractivity contribution in [3.63, 3.8) is 0 Å². The lowest BCUT2D eigenvalue weighted by atomic mass is 10.2. The molecule has 0 atom stereocenters. The van der Waals surface area contributed by atoms with Gasteiger partial charge in [0.25, 0.3) is 0 Å². The van der Waals surface area contributed by atoms with Gasteiger partial charge in [0.15, 0.2) is 0 Å². The lowest BCUT2D eigenvalue weighted by molar-refractivity contribution is 0.707. The zero-order valence-corrected chi connectivity index (χ0v) is 9.56.